The number of thiazole rings is 1. The summed E-state index contributed by atoms with van der Waals surface area (Å²) in [4.78, 5) is 59.9. The number of carbonyl (C=O) groups excluding carboxylic acids is 3. The molecule has 14 nitrogen and oxygen atoms in total. The highest BCUT2D eigenvalue weighted by Crippen LogP contribution is 2.29. The van der Waals surface area contributed by atoms with Gasteiger partial charge in [-0.1, -0.05) is 43.7 Å². The zero-order chi connectivity index (χ0) is 33.7. The molecule has 0 saturated carbocycles. The van der Waals surface area contributed by atoms with Crippen molar-refractivity contribution in [3.05, 3.63) is 56.4 Å². The molecule has 46 heavy (non-hydrogen) atoms. The van der Waals surface area contributed by atoms with Crippen molar-refractivity contribution < 1.29 is 19.1 Å². The molecule has 0 aliphatic carbocycles. The number of H-pyrrole nitrogens is 1. The van der Waals surface area contributed by atoms with E-state index in [0.29, 0.717) is 53.9 Å². The Balaban J connectivity index is 1.33. The summed E-state index contributed by atoms with van der Waals surface area (Å²) in [6, 6.07) is 8.31. The summed E-state index contributed by atoms with van der Waals surface area (Å²) in [5.41, 5.74) is 1.52. The number of urea groups is 1. The third kappa shape index (κ3) is 12.2. The number of nitrogens with zero attached hydrogens (tertiary/aromatic N) is 5. The predicted octanol–water partition coefficient (Wildman–Crippen LogP) is 6.23. The SMILES string of the molecule is CCN(CCOC(=O)NCCC(C)CC(C)(C)CNC(=O)Nc1nc(=O)cc(C)[nH]1)c1ccc(/N=N/c2nc(Cl)c(C=O)s2)cc1. The molecule has 0 aliphatic rings. The van der Waals surface area contributed by atoms with Crippen LogP contribution in [-0.4, -0.2) is 66.1 Å². The first kappa shape index (κ1) is 36.1. The Morgan fingerprint density at radius 3 is 2.59 bits per heavy atom. The van der Waals surface area contributed by atoms with Crippen molar-refractivity contribution in [2.45, 2.75) is 47.5 Å². The molecule has 3 amide bonds. The fourth-order valence-corrected chi connectivity index (χ4v) is 5.55. The topological polar surface area (TPSA) is 183 Å². The van der Waals surface area contributed by atoms with Gasteiger partial charge in [0, 0.05) is 37.1 Å². The minimum absolute atomic E-state index is 0.0959. The number of benzene rings is 1. The third-order valence-corrected chi connectivity index (χ3v) is 8.06. The van der Waals surface area contributed by atoms with Crippen molar-refractivity contribution >= 4 is 63.8 Å². The van der Waals surface area contributed by atoms with Crippen LogP contribution >= 0.6 is 22.9 Å². The van der Waals surface area contributed by atoms with Crippen LogP contribution in [0.4, 0.5) is 32.0 Å². The van der Waals surface area contributed by atoms with Gasteiger partial charge < -0.3 is 25.3 Å². The number of hydrogen-bond acceptors (Lipinski definition) is 11. The van der Waals surface area contributed by atoms with Gasteiger partial charge in [0.15, 0.2) is 11.4 Å². The third-order valence-electron chi connectivity index (χ3n) is 6.79. The number of aromatic amines is 1. The zero-order valence-electron chi connectivity index (χ0n) is 26.6. The second kappa shape index (κ2) is 17.4. The standard InChI is InChI=1S/C30H40ClN9O5S/c1-6-40(22-9-7-21(8-10-22)38-39-28-36-25(31)23(17-41)46-28)13-14-45-29(44)32-12-11-19(2)16-30(4,5)18-33-27(43)37-26-34-20(3)15-24(42)35-26/h7-10,15,17,19H,6,11-14,16,18H2,1-5H3,(H,32,44)(H3,33,34,35,37,42,43)/b39-38+. The lowest BCUT2D eigenvalue weighted by Gasteiger charge is -2.28. The number of aryl methyl sites for hydroxylation is 1. The normalized spacial score (nSPS) is 12.0. The fourth-order valence-electron chi connectivity index (χ4n) is 4.66. The van der Waals surface area contributed by atoms with E-state index in [9.17, 15) is 19.2 Å². The Labute approximate surface area is 276 Å². The highest BCUT2D eigenvalue weighted by Gasteiger charge is 2.22. The Morgan fingerprint density at radius 2 is 1.93 bits per heavy atom. The lowest BCUT2D eigenvalue weighted by atomic mass is 9.82. The molecule has 0 radical (unpaired) electrons. The smallest absolute Gasteiger partial charge is 0.407 e. The number of carbonyl (C=O) groups is 3. The number of anilines is 2. The maximum Gasteiger partial charge on any atom is 0.407 e. The molecule has 0 spiro atoms. The summed E-state index contributed by atoms with van der Waals surface area (Å²) in [6.45, 7) is 12.3. The van der Waals surface area contributed by atoms with E-state index in [2.05, 4.69) is 66.8 Å². The van der Waals surface area contributed by atoms with E-state index in [1.807, 2.05) is 31.2 Å². The van der Waals surface area contributed by atoms with Crippen LogP contribution in [0.1, 0.15) is 55.9 Å². The fraction of sp³-hybridized carbons (Fsp3) is 0.467. The van der Waals surface area contributed by atoms with E-state index in [-0.39, 0.29) is 29.0 Å². The molecule has 1 unspecified atom stereocenters. The molecule has 248 valence electrons. The average molecular weight is 674 g/mol. The quantitative estimate of drug-likeness (QED) is 0.102. The molecule has 1 atom stereocenters. The minimum Gasteiger partial charge on any atom is -0.448 e. The van der Waals surface area contributed by atoms with Crippen molar-refractivity contribution in [1.29, 1.82) is 0 Å². The van der Waals surface area contributed by atoms with E-state index < -0.39 is 17.7 Å². The molecular formula is C30H40ClN9O5S. The molecule has 2 aromatic heterocycles. The van der Waals surface area contributed by atoms with Crippen molar-refractivity contribution in [3.63, 3.8) is 0 Å². The molecule has 0 fully saturated rings. The molecule has 1 aromatic carbocycles. The molecule has 3 aromatic rings. The van der Waals surface area contributed by atoms with Gasteiger partial charge in [0.1, 0.15) is 11.5 Å². The number of aromatic nitrogens is 3. The largest absolute Gasteiger partial charge is 0.448 e. The molecule has 4 N–H and O–H groups in total. The van der Waals surface area contributed by atoms with Gasteiger partial charge in [-0.25, -0.2) is 14.6 Å². The van der Waals surface area contributed by atoms with Crippen molar-refractivity contribution in [2.75, 3.05) is 43.0 Å². The minimum atomic E-state index is -0.473. The number of azo groups is 1. The van der Waals surface area contributed by atoms with Gasteiger partial charge in [0.2, 0.25) is 11.1 Å². The van der Waals surface area contributed by atoms with E-state index in [1.54, 1.807) is 6.92 Å². The Kier molecular flexibility index (Phi) is 13.6. The Bertz CT molecular complexity index is 1560. The summed E-state index contributed by atoms with van der Waals surface area (Å²) < 4.78 is 5.39. The summed E-state index contributed by atoms with van der Waals surface area (Å²) in [5, 5.41) is 16.8. The summed E-state index contributed by atoms with van der Waals surface area (Å²) in [6.07, 6.45) is 1.72. The average Bonchev–Trinajstić information content (AvgIpc) is 3.36. The highest BCUT2D eigenvalue weighted by molar-refractivity contribution is 7.17. The van der Waals surface area contributed by atoms with Crippen molar-refractivity contribution in [1.82, 2.24) is 25.6 Å². The van der Waals surface area contributed by atoms with Gasteiger partial charge >= 0.3 is 12.1 Å². The lowest BCUT2D eigenvalue weighted by molar-refractivity contribution is 0.112. The van der Waals surface area contributed by atoms with Crippen LogP contribution in [0.2, 0.25) is 5.15 Å². The monoisotopic (exact) mass is 673 g/mol. The van der Waals surface area contributed by atoms with Gasteiger partial charge in [0.25, 0.3) is 5.56 Å². The van der Waals surface area contributed by atoms with Gasteiger partial charge in [0.05, 0.1) is 12.2 Å². The highest BCUT2D eigenvalue weighted by atomic mass is 35.5. The Hall–Kier alpha value is -4.37. The molecular weight excluding hydrogens is 634 g/mol. The number of alkyl carbamates (subject to hydrolysis) is 1. The van der Waals surface area contributed by atoms with Gasteiger partial charge in [-0.05, 0) is 62.3 Å². The maximum atomic E-state index is 12.3. The van der Waals surface area contributed by atoms with Crippen LogP contribution in [0.25, 0.3) is 0 Å². The maximum absolute atomic E-state index is 12.3. The zero-order valence-corrected chi connectivity index (χ0v) is 28.1. The van der Waals surface area contributed by atoms with Gasteiger partial charge in [-0.15, -0.1) is 10.2 Å². The number of aldehydes is 1. The van der Waals surface area contributed by atoms with Crippen LogP contribution in [-0.2, 0) is 4.74 Å². The molecule has 3 rings (SSSR count). The summed E-state index contributed by atoms with van der Waals surface area (Å²) >= 11 is 6.93. The first-order chi connectivity index (χ1) is 21.9. The molecule has 0 aliphatic heterocycles. The number of halogens is 1. The first-order valence-corrected chi connectivity index (χ1v) is 16.0. The number of nitrogens with one attached hydrogen (secondary N) is 4. The number of rotatable bonds is 16. The molecule has 0 saturated heterocycles. The van der Waals surface area contributed by atoms with Crippen LogP contribution in [0, 0.1) is 18.3 Å². The van der Waals surface area contributed by atoms with E-state index in [1.165, 1.54) is 6.07 Å². The lowest BCUT2D eigenvalue weighted by Crippen LogP contribution is -2.38. The van der Waals surface area contributed by atoms with Crippen LogP contribution < -0.4 is 26.4 Å². The van der Waals surface area contributed by atoms with E-state index >= 15 is 0 Å². The van der Waals surface area contributed by atoms with Crippen molar-refractivity contribution in [3.8, 4) is 0 Å². The molecule has 2 heterocycles. The predicted molar refractivity (Wildman–Crippen MR) is 179 cm³/mol. The molecule has 0 bridgehead atoms. The molecule has 16 heteroatoms. The van der Waals surface area contributed by atoms with Crippen molar-refractivity contribution in [2.24, 2.45) is 21.6 Å². The van der Waals surface area contributed by atoms with E-state index in [0.717, 1.165) is 29.9 Å². The summed E-state index contributed by atoms with van der Waals surface area (Å²) in [7, 11) is 0. The first-order valence-electron chi connectivity index (χ1n) is 14.8. The number of hydrogen-bond donors (Lipinski definition) is 4. The number of amides is 3. The van der Waals surface area contributed by atoms with Crippen LogP contribution in [0.3, 0.4) is 0 Å². The number of likely N-dealkylation sites (N-methyl/N-ethyl adjacent to an activating group) is 1. The van der Waals surface area contributed by atoms with Gasteiger partial charge in [-0.3, -0.25) is 14.9 Å². The van der Waals surface area contributed by atoms with E-state index in [4.69, 9.17) is 16.3 Å². The summed E-state index contributed by atoms with van der Waals surface area (Å²) in [5.74, 6) is 0.375. The van der Waals surface area contributed by atoms with Crippen LogP contribution in [0.15, 0.2) is 45.4 Å². The number of ether oxygens (including phenoxy) is 1. The van der Waals surface area contributed by atoms with Crippen LogP contribution in [0.5, 0.6) is 0 Å². The Morgan fingerprint density at radius 1 is 1.20 bits per heavy atom. The second-order valence-electron chi connectivity index (χ2n) is 11.4. The van der Waals surface area contributed by atoms with Gasteiger partial charge in [-0.2, -0.15) is 4.98 Å². The second-order valence-corrected chi connectivity index (χ2v) is 12.8.